The van der Waals surface area contributed by atoms with E-state index in [1.54, 1.807) is 12.1 Å². The van der Waals surface area contributed by atoms with E-state index in [1.807, 2.05) is 13.8 Å². The van der Waals surface area contributed by atoms with Crippen LogP contribution in [-0.2, 0) is 10.2 Å². The molecule has 0 atom stereocenters. The van der Waals surface area contributed by atoms with Gasteiger partial charge >= 0.3 is 0 Å². The first kappa shape index (κ1) is 21.2. The van der Waals surface area contributed by atoms with E-state index < -0.39 is 28.9 Å². The predicted molar refractivity (Wildman–Crippen MR) is 108 cm³/mol. The minimum absolute atomic E-state index is 0.000353. The molecular formula is C21H22ClF2N3O2. The second-order valence-electron chi connectivity index (χ2n) is 7.39. The van der Waals surface area contributed by atoms with Gasteiger partial charge in [-0.2, -0.15) is 0 Å². The third kappa shape index (κ3) is 3.72. The summed E-state index contributed by atoms with van der Waals surface area (Å²) >= 11 is 5.80. The van der Waals surface area contributed by atoms with Crippen LogP contribution in [0.4, 0.5) is 14.5 Å². The van der Waals surface area contributed by atoms with Crippen LogP contribution in [0.25, 0.3) is 0 Å². The average Bonchev–Trinajstić information content (AvgIpc) is 2.64. The zero-order valence-electron chi connectivity index (χ0n) is 16.3. The number of halogens is 3. The molecule has 0 radical (unpaired) electrons. The molecule has 1 fully saturated rings. The Hall–Kier alpha value is -2.51. The molecule has 3 rings (SSSR count). The molecule has 3 N–H and O–H groups in total. The van der Waals surface area contributed by atoms with Gasteiger partial charge in [-0.3, -0.25) is 9.59 Å². The highest BCUT2D eigenvalue weighted by Crippen LogP contribution is 2.38. The third-order valence-corrected chi connectivity index (χ3v) is 5.50. The number of hydrogen-bond acceptors (Lipinski definition) is 3. The van der Waals surface area contributed by atoms with E-state index in [4.69, 9.17) is 11.6 Å². The molecule has 0 aromatic heterocycles. The first-order valence-corrected chi connectivity index (χ1v) is 9.61. The maximum absolute atomic E-state index is 14.9. The maximum atomic E-state index is 14.9. The first-order valence-electron chi connectivity index (χ1n) is 9.23. The van der Waals surface area contributed by atoms with Crippen molar-refractivity contribution in [2.75, 3.05) is 25.5 Å². The van der Waals surface area contributed by atoms with E-state index in [0.717, 1.165) is 17.7 Å². The molecule has 154 valence electrons. The topological polar surface area (TPSA) is 70.2 Å². The Balaban J connectivity index is 2.06. The molecule has 0 bridgehead atoms. The van der Waals surface area contributed by atoms with Crippen molar-refractivity contribution in [1.29, 1.82) is 0 Å². The lowest BCUT2D eigenvalue weighted by molar-refractivity contribution is -0.123. The van der Waals surface area contributed by atoms with Crippen LogP contribution in [0.15, 0.2) is 30.3 Å². The van der Waals surface area contributed by atoms with Gasteiger partial charge in [-0.25, -0.2) is 8.78 Å². The number of benzene rings is 2. The molecule has 0 spiro atoms. The number of rotatable bonds is 5. The molecule has 29 heavy (non-hydrogen) atoms. The highest BCUT2D eigenvalue weighted by atomic mass is 35.5. The van der Waals surface area contributed by atoms with Gasteiger partial charge in [0.05, 0.1) is 16.3 Å². The molecule has 1 heterocycles. The van der Waals surface area contributed by atoms with E-state index in [1.165, 1.54) is 13.1 Å². The summed E-state index contributed by atoms with van der Waals surface area (Å²) < 4.78 is 28.9. The SMILES string of the molecule is CNC(=O)c1cc(Cl)c(F)cc1NC(=O)C1(c2c(F)cccc2C(C)C)CNC1. The fraction of sp³-hybridized carbons (Fsp3) is 0.333. The van der Waals surface area contributed by atoms with Gasteiger partial charge in [0.25, 0.3) is 5.91 Å². The van der Waals surface area contributed by atoms with Crippen molar-refractivity contribution in [2.45, 2.75) is 25.2 Å². The zero-order chi connectivity index (χ0) is 21.3. The highest BCUT2D eigenvalue weighted by Gasteiger charge is 2.49. The van der Waals surface area contributed by atoms with E-state index in [-0.39, 0.29) is 35.3 Å². The summed E-state index contributed by atoms with van der Waals surface area (Å²) in [6.07, 6.45) is 0. The Morgan fingerprint density at radius 1 is 1.17 bits per heavy atom. The average molecular weight is 422 g/mol. The molecule has 2 aromatic carbocycles. The summed E-state index contributed by atoms with van der Waals surface area (Å²) in [6.45, 7) is 4.30. The van der Waals surface area contributed by atoms with Gasteiger partial charge in [0.15, 0.2) is 0 Å². The van der Waals surface area contributed by atoms with Gasteiger partial charge in [0.2, 0.25) is 5.91 Å². The normalized spacial score (nSPS) is 15.0. The van der Waals surface area contributed by atoms with Crippen LogP contribution in [0.5, 0.6) is 0 Å². The minimum Gasteiger partial charge on any atom is -0.355 e. The number of nitrogens with one attached hydrogen (secondary N) is 3. The van der Waals surface area contributed by atoms with Crippen molar-refractivity contribution in [3.05, 3.63) is 63.7 Å². The second-order valence-corrected chi connectivity index (χ2v) is 7.80. The molecule has 2 amide bonds. The van der Waals surface area contributed by atoms with Crippen molar-refractivity contribution in [1.82, 2.24) is 10.6 Å². The fourth-order valence-electron chi connectivity index (χ4n) is 3.57. The summed E-state index contributed by atoms with van der Waals surface area (Å²) in [5, 5.41) is 7.84. The molecule has 0 saturated carbocycles. The molecule has 2 aromatic rings. The van der Waals surface area contributed by atoms with E-state index in [9.17, 15) is 18.4 Å². The third-order valence-electron chi connectivity index (χ3n) is 5.21. The van der Waals surface area contributed by atoms with Crippen LogP contribution in [0.3, 0.4) is 0 Å². The van der Waals surface area contributed by atoms with Gasteiger partial charge in [-0.15, -0.1) is 0 Å². The maximum Gasteiger partial charge on any atom is 0.253 e. The summed E-state index contributed by atoms with van der Waals surface area (Å²) in [4.78, 5) is 25.5. The van der Waals surface area contributed by atoms with Gasteiger partial charge in [-0.1, -0.05) is 37.6 Å². The smallest absolute Gasteiger partial charge is 0.253 e. The van der Waals surface area contributed by atoms with Gasteiger partial charge in [0, 0.05) is 25.7 Å². The van der Waals surface area contributed by atoms with Gasteiger partial charge in [0.1, 0.15) is 17.0 Å². The summed E-state index contributed by atoms with van der Waals surface area (Å²) in [7, 11) is 1.41. The fourth-order valence-corrected chi connectivity index (χ4v) is 3.73. The lowest BCUT2D eigenvalue weighted by Gasteiger charge is -2.43. The van der Waals surface area contributed by atoms with Crippen LogP contribution < -0.4 is 16.0 Å². The Morgan fingerprint density at radius 3 is 2.41 bits per heavy atom. The number of anilines is 1. The quantitative estimate of drug-likeness (QED) is 0.691. The Bertz CT molecular complexity index is 975. The second kappa shape index (κ2) is 8.08. The Kier molecular flexibility index (Phi) is 5.91. The van der Waals surface area contributed by atoms with Crippen LogP contribution in [0.1, 0.15) is 41.3 Å². The van der Waals surface area contributed by atoms with Crippen LogP contribution in [0.2, 0.25) is 5.02 Å². The van der Waals surface area contributed by atoms with E-state index in [2.05, 4.69) is 16.0 Å². The first-order chi connectivity index (χ1) is 13.7. The van der Waals surface area contributed by atoms with E-state index in [0.29, 0.717) is 5.56 Å². The largest absolute Gasteiger partial charge is 0.355 e. The zero-order valence-corrected chi connectivity index (χ0v) is 17.1. The van der Waals surface area contributed by atoms with Crippen molar-refractivity contribution < 1.29 is 18.4 Å². The van der Waals surface area contributed by atoms with Crippen LogP contribution >= 0.6 is 11.6 Å². The monoisotopic (exact) mass is 421 g/mol. The van der Waals surface area contributed by atoms with Gasteiger partial charge < -0.3 is 16.0 Å². The van der Waals surface area contributed by atoms with Gasteiger partial charge in [-0.05, 0) is 29.7 Å². The van der Waals surface area contributed by atoms with Crippen molar-refractivity contribution in [2.24, 2.45) is 0 Å². The standard InChI is InChI=1S/C21H22ClF2N3O2/c1-11(2)12-5-4-6-15(23)18(12)21(9-26-10-21)20(29)27-17-8-16(24)14(22)7-13(17)19(28)25-3/h4-8,11,26H,9-10H2,1-3H3,(H,25,28)(H,27,29). The summed E-state index contributed by atoms with van der Waals surface area (Å²) in [5.41, 5.74) is -0.115. The molecule has 1 aliphatic heterocycles. The van der Waals surface area contributed by atoms with Crippen molar-refractivity contribution in [3.63, 3.8) is 0 Å². The Morgan fingerprint density at radius 2 is 1.86 bits per heavy atom. The molecule has 0 aliphatic carbocycles. The Labute approximate surface area is 172 Å². The van der Waals surface area contributed by atoms with Crippen LogP contribution in [-0.4, -0.2) is 32.0 Å². The predicted octanol–water partition coefficient (Wildman–Crippen LogP) is 3.58. The molecule has 1 aliphatic rings. The molecule has 8 heteroatoms. The number of carbonyl (C=O) groups is 2. The molecule has 5 nitrogen and oxygen atoms in total. The van der Waals surface area contributed by atoms with Crippen LogP contribution in [0, 0.1) is 11.6 Å². The lowest BCUT2D eigenvalue weighted by Crippen LogP contribution is -2.64. The van der Waals surface area contributed by atoms with Crippen molar-refractivity contribution >= 4 is 29.1 Å². The number of amides is 2. The molecule has 0 unspecified atom stereocenters. The van der Waals surface area contributed by atoms with E-state index >= 15 is 0 Å². The molecular weight excluding hydrogens is 400 g/mol. The van der Waals surface area contributed by atoms with Crippen molar-refractivity contribution in [3.8, 4) is 0 Å². The number of carbonyl (C=O) groups excluding carboxylic acids is 2. The lowest BCUT2D eigenvalue weighted by atomic mass is 9.70. The minimum atomic E-state index is -1.17. The summed E-state index contributed by atoms with van der Waals surface area (Å²) in [6, 6.07) is 6.89. The molecule has 1 saturated heterocycles. The highest BCUT2D eigenvalue weighted by molar-refractivity contribution is 6.31. The number of hydrogen-bond donors (Lipinski definition) is 3. The summed E-state index contributed by atoms with van der Waals surface area (Å²) in [5.74, 6) is -2.29.